The third-order valence-electron chi connectivity index (χ3n) is 5.22. The minimum Gasteiger partial charge on any atom is -0.334 e. The average molecular weight is 424 g/mol. The molecule has 7 heteroatoms. The van der Waals surface area contributed by atoms with Crippen LogP contribution in [0, 0.1) is 12.7 Å². The third-order valence-corrected chi connectivity index (χ3v) is 6.74. The number of nitrogens with one attached hydrogen (secondary N) is 1. The number of sulfonamides is 1. The molecular weight excluding hydrogens is 403 g/mol. The maximum Gasteiger partial charge on any atom is 0.262 e. The van der Waals surface area contributed by atoms with Crippen LogP contribution in [0.4, 0.5) is 10.1 Å². The Balaban J connectivity index is 1.57. The van der Waals surface area contributed by atoms with Crippen molar-refractivity contribution in [2.75, 3.05) is 11.3 Å². The average Bonchev–Trinajstić information content (AvgIpc) is 2.74. The minimum atomic E-state index is -3.94. The Hall–Kier alpha value is -3.19. The number of halogens is 1. The number of amides is 1. The molecule has 154 valence electrons. The fourth-order valence-electron chi connectivity index (χ4n) is 3.63. The van der Waals surface area contributed by atoms with E-state index in [9.17, 15) is 17.6 Å². The highest BCUT2D eigenvalue weighted by Crippen LogP contribution is 2.26. The minimum absolute atomic E-state index is 0.0531. The topological polar surface area (TPSA) is 66.5 Å². The van der Waals surface area contributed by atoms with E-state index in [0.29, 0.717) is 36.3 Å². The molecule has 0 saturated heterocycles. The summed E-state index contributed by atoms with van der Waals surface area (Å²) in [6.07, 6.45) is 0.698. The summed E-state index contributed by atoms with van der Waals surface area (Å²) in [5, 5.41) is 0. The summed E-state index contributed by atoms with van der Waals surface area (Å²) in [5.74, 6) is -0.663. The number of carbonyl (C=O) groups excluding carboxylic acids is 1. The number of fused-ring (bicyclic) bond motifs is 1. The van der Waals surface area contributed by atoms with Crippen LogP contribution in [0.3, 0.4) is 0 Å². The lowest BCUT2D eigenvalue weighted by Crippen LogP contribution is -2.36. The zero-order valence-electron chi connectivity index (χ0n) is 16.4. The summed E-state index contributed by atoms with van der Waals surface area (Å²) in [7, 11) is -3.94. The molecule has 0 aliphatic carbocycles. The first-order valence-electron chi connectivity index (χ1n) is 9.58. The highest BCUT2D eigenvalue weighted by Gasteiger charge is 2.23. The van der Waals surface area contributed by atoms with Gasteiger partial charge in [-0.05, 0) is 66.4 Å². The fraction of sp³-hybridized carbons (Fsp3) is 0.174. The number of aryl methyl sites for hydroxylation is 1. The predicted octanol–water partition coefficient (Wildman–Crippen LogP) is 4.13. The molecule has 0 radical (unpaired) electrons. The number of hydrogen-bond donors (Lipinski definition) is 1. The van der Waals surface area contributed by atoms with Gasteiger partial charge in [-0.15, -0.1) is 0 Å². The molecule has 0 atom stereocenters. The number of anilines is 1. The number of rotatable bonds is 4. The van der Waals surface area contributed by atoms with Gasteiger partial charge in [0.15, 0.2) is 0 Å². The van der Waals surface area contributed by atoms with E-state index in [1.54, 1.807) is 36.1 Å². The van der Waals surface area contributed by atoms with Crippen molar-refractivity contribution in [2.24, 2.45) is 0 Å². The first-order valence-corrected chi connectivity index (χ1v) is 11.1. The molecule has 0 aromatic heterocycles. The quantitative estimate of drug-likeness (QED) is 0.685. The van der Waals surface area contributed by atoms with E-state index in [-0.39, 0.29) is 10.8 Å². The summed E-state index contributed by atoms with van der Waals surface area (Å²) in [6.45, 7) is 2.62. The lowest BCUT2D eigenvalue weighted by atomic mass is 9.98. The lowest BCUT2D eigenvalue weighted by molar-refractivity contribution is 0.0734. The van der Waals surface area contributed by atoms with E-state index in [1.165, 1.54) is 12.1 Å². The van der Waals surface area contributed by atoms with Crippen molar-refractivity contribution in [3.05, 3.63) is 94.8 Å². The SMILES string of the molecule is Cc1ccc(F)cc1S(=O)(=O)Nc1ccc2c(c1)CN(C(=O)c1ccccc1)CC2. The Morgan fingerprint density at radius 3 is 2.53 bits per heavy atom. The van der Waals surface area contributed by atoms with Gasteiger partial charge in [0.25, 0.3) is 15.9 Å². The van der Waals surface area contributed by atoms with Gasteiger partial charge in [0.1, 0.15) is 5.82 Å². The molecule has 3 aromatic rings. The van der Waals surface area contributed by atoms with Crippen LogP contribution in [0.1, 0.15) is 27.0 Å². The Bertz CT molecular complexity index is 1210. The summed E-state index contributed by atoms with van der Waals surface area (Å²) in [5.41, 5.74) is 3.44. The van der Waals surface area contributed by atoms with E-state index < -0.39 is 15.8 Å². The molecular formula is C23H21FN2O3S. The predicted molar refractivity (Wildman–Crippen MR) is 113 cm³/mol. The Morgan fingerprint density at radius 1 is 1.00 bits per heavy atom. The molecule has 0 bridgehead atoms. The molecule has 0 spiro atoms. The van der Waals surface area contributed by atoms with Crippen LogP contribution in [-0.4, -0.2) is 25.8 Å². The van der Waals surface area contributed by atoms with Gasteiger partial charge in [-0.3, -0.25) is 9.52 Å². The second kappa shape index (κ2) is 7.91. The highest BCUT2D eigenvalue weighted by molar-refractivity contribution is 7.92. The third kappa shape index (κ3) is 4.07. The van der Waals surface area contributed by atoms with E-state index in [1.807, 2.05) is 24.3 Å². The molecule has 1 N–H and O–H groups in total. The van der Waals surface area contributed by atoms with Crippen LogP contribution in [0.5, 0.6) is 0 Å². The summed E-state index contributed by atoms with van der Waals surface area (Å²) in [6, 6.07) is 18.1. The Labute approximate surface area is 175 Å². The van der Waals surface area contributed by atoms with E-state index in [2.05, 4.69) is 4.72 Å². The van der Waals surface area contributed by atoms with Crippen LogP contribution in [-0.2, 0) is 23.0 Å². The number of hydrogen-bond acceptors (Lipinski definition) is 3. The fourth-order valence-corrected chi connectivity index (χ4v) is 4.94. The number of benzene rings is 3. The van der Waals surface area contributed by atoms with Gasteiger partial charge in [0.05, 0.1) is 4.90 Å². The zero-order chi connectivity index (χ0) is 21.3. The molecule has 4 rings (SSSR count). The number of carbonyl (C=O) groups is 1. The van der Waals surface area contributed by atoms with E-state index in [4.69, 9.17) is 0 Å². The molecule has 0 saturated carbocycles. The first-order chi connectivity index (χ1) is 14.3. The van der Waals surface area contributed by atoms with Gasteiger partial charge >= 0.3 is 0 Å². The summed E-state index contributed by atoms with van der Waals surface area (Å²) < 4.78 is 41.6. The van der Waals surface area contributed by atoms with Crippen molar-refractivity contribution in [2.45, 2.75) is 24.8 Å². The Kier molecular flexibility index (Phi) is 5.30. The van der Waals surface area contributed by atoms with Crippen LogP contribution in [0.25, 0.3) is 0 Å². The van der Waals surface area contributed by atoms with Crippen molar-refractivity contribution in [3.8, 4) is 0 Å². The molecule has 0 fully saturated rings. The van der Waals surface area contributed by atoms with Crippen molar-refractivity contribution in [1.82, 2.24) is 4.90 Å². The van der Waals surface area contributed by atoms with Crippen molar-refractivity contribution >= 4 is 21.6 Å². The maximum absolute atomic E-state index is 13.6. The smallest absolute Gasteiger partial charge is 0.262 e. The summed E-state index contributed by atoms with van der Waals surface area (Å²) in [4.78, 5) is 14.4. The molecule has 1 amide bonds. The van der Waals surface area contributed by atoms with Crippen LogP contribution >= 0.6 is 0 Å². The van der Waals surface area contributed by atoms with Crippen molar-refractivity contribution < 1.29 is 17.6 Å². The van der Waals surface area contributed by atoms with Gasteiger partial charge in [0.2, 0.25) is 0 Å². The molecule has 5 nitrogen and oxygen atoms in total. The molecule has 3 aromatic carbocycles. The van der Waals surface area contributed by atoms with Gasteiger partial charge in [0, 0.05) is 24.3 Å². The molecule has 0 unspecified atom stereocenters. The van der Waals surface area contributed by atoms with E-state index in [0.717, 1.165) is 17.2 Å². The van der Waals surface area contributed by atoms with Crippen molar-refractivity contribution in [1.29, 1.82) is 0 Å². The molecule has 1 aliphatic heterocycles. The lowest BCUT2D eigenvalue weighted by Gasteiger charge is -2.29. The Morgan fingerprint density at radius 2 is 1.77 bits per heavy atom. The normalized spacial score (nSPS) is 13.6. The second-order valence-electron chi connectivity index (χ2n) is 7.34. The van der Waals surface area contributed by atoms with Crippen LogP contribution in [0.15, 0.2) is 71.6 Å². The standard InChI is InChI=1S/C23H21FN2O3S/c1-16-7-9-20(24)14-22(16)30(28,29)25-21-10-8-17-11-12-26(15-19(17)13-21)23(27)18-5-3-2-4-6-18/h2-10,13-14,25H,11-12,15H2,1H3. The first kappa shape index (κ1) is 20.1. The zero-order valence-corrected chi connectivity index (χ0v) is 17.2. The van der Waals surface area contributed by atoms with Gasteiger partial charge in [-0.2, -0.15) is 0 Å². The second-order valence-corrected chi connectivity index (χ2v) is 8.99. The molecule has 30 heavy (non-hydrogen) atoms. The molecule has 1 aliphatic rings. The largest absolute Gasteiger partial charge is 0.334 e. The monoisotopic (exact) mass is 424 g/mol. The van der Waals surface area contributed by atoms with Gasteiger partial charge in [-0.25, -0.2) is 12.8 Å². The van der Waals surface area contributed by atoms with Crippen LogP contribution in [0.2, 0.25) is 0 Å². The molecule has 1 heterocycles. The van der Waals surface area contributed by atoms with Crippen LogP contribution < -0.4 is 4.72 Å². The van der Waals surface area contributed by atoms with Crippen molar-refractivity contribution in [3.63, 3.8) is 0 Å². The van der Waals surface area contributed by atoms with Gasteiger partial charge in [-0.1, -0.05) is 30.3 Å². The highest BCUT2D eigenvalue weighted by atomic mass is 32.2. The maximum atomic E-state index is 13.6. The van der Waals surface area contributed by atoms with Gasteiger partial charge < -0.3 is 4.90 Å². The summed E-state index contributed by atoms with van der Waals surface area (Å²) >= 11 is 0. The number of nitrogens with zero attached hydrogens (tertiary/aromatic N) is 1. The van der Waals surface area contributed by atoms with E-state index >= 15 is 0 Å².